The van der Waals surface area contributed by atoms with E-state index < -0.39 is 10.0 Å². The molecular weight excluding hydrogens is 430 g/mol. The van der Waals surface area contributed by atoms with E-state index in [1.165, 1.54) is 23.2 Å². The van der Waals surface area contributed by atoms with Crippen molar-refractivity contribution >= 4 is 43.2 Å². The maximum atomic E-state index is 11.8. The van der Waals surface area contributed by atoms with Crippen LogP contribution in [0.4, 0.5) is 0 Å². The molecule has 2 aliphatic rings. The van der Waals surface area contributed by atoms with E-state index in [4.69, 9.17) is 16.3 Å². The molecule has 3 aromatic rings. The van der Waals surface area contributed by atoms with Crippen molar-refractivity contribution in [3.63, 3.8) is 0 Å². The fourth-order valence-electron chi connectivity index (χ4n) is 4.23. The van der Waals surface area contributed by atoms with Crippen molar-refractivity contribution in [1.29, 1.82) is 0 Å². The number of rotatable bonds is 5. The molecule has 5 rings (SSSR count). The zero-order valence-corrected chi connectivity index (χ0v) is 18.2. The molecule has 0 unspecified atom stereocenters. The highest BCUT2D eigenvalue weighted by molar-refractivity contribution is 7.88. The van der Waals surface area contributed by atoms with Gasteiger partial charge in [0, 0.05) is 36.7 Å². The van der Waals surface area contributed by atoms with E-state index in [9.17, 15) is 8.42 Å². The molecule has 2 saturated heterocycles. The largest absolute Gasteiger partial charge is 0.431 e. The van der Waals surface area contributed by atoms with Gasteiger partial charge in [-0.3, -0.25) is 4.90 Å². The highest BCUT2D eigenvalue weighted by atomic mass is 35.5. The summed E-state index contributed by atoms with van der Waals surface area (Å²) in [6, 6.07) is 14.0. The van der Waals surface area contributed by atoms with Gasteiger partial charge >= 0.3 is 0 Å². The van der Waals surface area contributed by atoms with E-state index >= 15 is 0 Å². The number of hydrogen-bond donors (Lipinski definition) is 0. The average Bonchev–Trinajstić information content (AvgIpc) is 3.36. The third-order valence-corrected chi connectivity index (χ3v) is 8.01. The first-order valence-corrected chi connectivity index (χ1v) is 12.4. The highest BCUT2D eigenvalue weighted by Crippen LogP contribution is 2.35. The zero-order chi connectivity index (χ0) is 20.2. The number of hydrogen-bond acceptors (Lipinski definition) is 6. The molecular formula is C20H20ClN3O3S2. The summed E-state index contributed by atoms with van der Waals surface area (Å²) in [5, 5.41) is 1.28. The van der Waals surface area contributed by atoms with Crippen LogP contribution in [-0.4, -0.2) is 54.0 Å². The Hall–Kier alpha value is -1.71. The number of piperazine rings is 1. The molecule has 2 fully saturated rings. The lowest BCUT2D eigenvalue weighted by molar-refractivity contribution is 0.175. The zero-order valence-electron chi connectivity index (χ0n) is 15.8. The van der Waals surface area contributed by atoms with Crippen molar-refractivity contribution in [1.82, 2.24) is 14.2 Å². The van der Waals surface area contributed by atoms with Gasteiger partial charge in [-0.2, -0.15) is 4.31 Å². The van der Waals surface area contributed by atoms with E-state index in [0.717, 1.165) is 35.5 Å². The first kappa shape index (κ1) is 19.3. The van der Waals surface area contributed by atoms with Gasteiger partial charge in [-0.25, -0.2) is 13.4 Å². The molecule has 2 bridgehead atoms. The summed E-state index contributed by atoms with van der Waals surface area (Å²) in [6.45, 7) is 2.22. The molecule has 6 nitrogen and oxygen atoms in total. The molecule has 0 amide bonds. The van der Waals surface area contributed by atoms with Crippen LogP contribution in [0.1, 0.15) is 12.0 Å². The second kappa shape index (κ2) is 7.21. The van der Waals surface area contributed by atoms with Crippen molar-refractivity contribution in [3.8, 4) is 10.9 Å². The van der Waals surface area contributed by atoms with Crippen LogP contribution < -0.4 is 4.74 Å². The van der Waals surface area contributed by atoms with Gasteiger partial charge in [0.1, 0.15) is 5.75 Å². The standard InChI is InChI=1S/C20H20ClN3O3S2/c1-29(25,26)24-12-15-9-16(24)11-23(15)10-13-2-5-17(6-3-13)27-20-22-18-7-4-14(21)8-19(18)28-20/h2-8,15-16H,9-12H2,1H3/t15-,16+/m1/s1. The molecule has 0 radical (unpaired) electrons. The first-order chi connectivity index (χ1) is 13.8. The van der Waals surface area contributed by atoms with E-state index in [2.05, 4.69) is 22.0 Å². The van der Waals surface area contributed by atoms with E-state index in [1.807, 2.05) is 30.3 Å². The number of benzene rings is 2. The Bertz CT molecular complexity index is 1160. The van der Waals surface area contributed by atoms with Gasteiger partial charge in [-0.05, 0) is 42.3 Å². The Morgan fingerprint density at radius 2 is 1.97 bits per heavy atom. The normalized spacial score (nSPS) is 22.6. The van der Waals surface area contributed by atoms with Crippen molar-refractivity contribution in [2.24, 2.45) is 0 Å². The lowest BCUT2D eigenvalue weighted by Crippen LogP contribution is -2.47. The van der Waals surface area contributed by atoms with Crippen LogP contribution in [0.15, 0.2) is 42.5 Å². The van der Waals surface area contributed by atoms with E-state index in [0.29, 0.717) is 22.8 Å². The molecule has 2 aromatic carbocycles. The van der Waals surface area contributed by atoms with Crippen molar-refractivity contribution in [3.05, 3.63) is 53.1 Å². The Morgan fingerprint density at radius 1 is 1.17 bits per heavy atom. The Labute approximate surface area is 178 Å². The second-order valence-corrected chi connectivity index (χ2v) is 11.0. The Balaban J connectivity index is 1.23. The summed E-state index contributed by atoms with van der Waals surface area (Å²) in [7, 11) is -3.10. The molecule has 1 aromatic heterocycles. The number of ether oxygens (including phenoxy) is 1. The van der Waals surface area contributed by atoms with Gasteiger partial charge < -0.3 is 4.74 Å². The number of aromatic nitrogens is 1. The Kier molecular flexibility index (Phi) is 4.79. The summed E-state index contributed by atoms with van der Waals surface area (Å²) >= 11 is 7.50. The molecule has 2 aliphatic heterocycles. The van der Waals surface area contributed by atoms with Gasteiger partial charge in [-0.15, -0.1) is 0 Å². The number of nitrogens with zero attached hydrogens (tertiary/aromatic N) is 3. The molecule has 0 saturated carbocycles. The Morgan fingerprint density at radius 3 is 2.66 bits per heavy atom. The van der Waals surface area contributed by atoms with Crippen molar-refractivity contribution < 1.29 is 13.2 Å². The van der Waals surface area contributed by atoms with Crippen LogP contribution >= 0.6 is 22.9 Å². The second-order valence-electron chi connectivity index (χ2n) is 7.64. The predicted octanol–water partition coefficient (Wildman–Crippen LogP) is 3.96. The van der Waals surface area contributed by atoms with Crippen molar-refractivity contribution in [2.75, 3.05) is 19.3 Å². The van der Waals surface area contributed by atoms with Gasteiger partial charge in [0.15, 0.2) is 0 Å². The number of likely N-dealkylation sites (tertiary alicyclic amines) is 1. The smallest absolute Gasteiger partial charge is 0.279 e. The third kappa shape index (κ3) is 3.87. The van der Waals surface area contributed by atoms with Crippen LogP contribution in [0, 0.1) is 0 Å². The summed E-state index contributed by atoms with van der Waals surface area (Å²) in [5.41, 5.74) is 2.06. The van der Waals surface area contributed by atoms with Gasteiger partial charge in [-0.1, -0.05) is 35.1 Å². The SMILES string of the molecule is CS(=O)(=O)N1C[C@H]2C[C@H]1CN2Cc1ccc(Oc2nc3ccc(Cl)cc3s2)cc1. The average molecular weight is 450 g/mol. The fraction of sp³-hybridized carbons (Fsp3) is 0.350. The summed E-state index contributed by atoms with van der Waals surface area (Å²) in [4.78, 5) is 6.86. The summed E-state index contributed by atoms with van der Waals surface area (Å²) in [5.74, 6) is 0.741. The lowest BCUT2D eigenvalue weighted by atomic mass is 10.2. The minimum atomic E-state index is -3.10. The number of thiazole rings is 1. The van der Waals surface area contributed by atoms with Crippen LogP contribution in [0.2, 0.25) is 5.02 Å². The van der Waals surface area contributed by atoms with Crippen LogP contribution in [-0.2, 0) is 16.6 Å². The highest BCUT2D eigenvalue weighted by Gasteiger charge is 2.46. The fourth-order valence-corrected chi connectivity index (χ4v) is 6.48. The number of sulfonamides is 1. The minimum absolute atomic E-state index is 0.116. The van der Waals surface area contributed by atoms with Crippen molar-refractivity contribution in [2.45, 2.75) is 25.0 Å². The minimum Gasteiger partial charge on any atom is -0.431 e. The third-order valence-electron chi connectivity index (χ3n) is 5.57. The van der Waals surface area contributed by atoms with Crippen LogP contribution in [0.25, 0.3) is 10.2 Å². The van der Waals surface area contributed by atoms with E-state index in [-0.39, 0.29) is 6.04 Å². The maximum absolute atomic E-state index is 11.8. The molecule has 0 aliphatic carbocycles. The van der Waals surface area contributed by atoms with Gasteiger partial charge in [0.25, 0.3) is 5.19 Å². The van der Waals surface area contributed by atoms with E-state index in [1.54, 1.807) is 4.31 Å². The van der Waals surface area contributed by atoms with Crippen LogP contribution in [0.5, 0.6) is 10.9 Å². The topological polar surface area (TPSA) is 62.7 Å². The monoisotopic (exact) mass is 449 g/mol. The summed E-state index contributed by atoms with van der Waals surface area (Å²) < 4.78 is 32.2. The molecule has 3 heterocycles. The van der Waals surface area contributed by atoms with Gasteiger partial charge in [0.05, 0.1) is 16.5 Å². The molecule has 152 valence electrons. The summed E-state index contributed by atoms with van der Waals surface area (Å²) in [6.07, 6.45) is 2.23. The predicted molar refractivity (Wildman–Crippen MR) is 115 cm³/mol. The van der Waals surface area contributed by atoms with Crippen LogP contribution in [0.3, 0.4) is 0 Å². The number of halogens is 1. The first-order valence-electron chi connectivity index (χ1n) is 9.39. The molecule has 0 N–H and O–H groups in total. The maximum Gasteiger partial charge on any atom is 0.279 e. The lowest BCUT2D eigenvalue weighted by Gasteiger charge is -2.32. The molecule has 9 heteroatoms. The quantitative estimate of drug-likeness (QED) is 0.590. The molecule has 29 heavy (non-hydrogen) atoms. The van der Waals surface area contributed by atoms with Gasteiger partial charge in [0.2, 0.25) is 10.0 Å². The molecule has 0 spiro atoms. The molecule has 2 atom stereocenters. The number of fused-ring (bicyclic) bond motifs is 3.